The van der Waals surface area contributed by atoms with Crippen molar-refractivity contribution in [3.05, 3.63) is 76.8 Å². The number of hydrogen-bond donors (Lipinski definition) is 1. The first-order valence-corrected chi connectivity index (χ1v) is 7.51. The number of rotatable bonds is 3. The fourth-order valence-electron chi connectivity index (χ4n) is 2.63. The van der Waals surface area contributed by atoms with Gasteiger partial charge in [0.1, 0.15) is 23.4 Å². The van der Waals surface area contributed by atoms with Gasteiger partial charge < -0.3 is 10.1 Å². The van der Waals surface area contributed by atoms with Gasteiger partial charge in [-0.3, -0.25) is 9.98 Å². The third-order valence-corrected chi connectivity index (χ3v) is 3.81. The Hall–Kier alpha value is -3.09. The number of halogens is 2. The van der Waals surface area contributed by atoms with Crippen LogP contribution in [0.1, 0.15) is 24.2 Å². The Bertz CT molecular complexity index is 879. The van der Waals surface area contributed by atoms with E-state index in [2.05, 4.69) is 15.3 Å². The number of pyridine rings is 1. The molecule has 2 aromatic rings. The van der Waals surface area contributed by atoms with Crippen molar-refractivity contribution in [3.8, 4) is 0 Å². The van der Waals surface area contributed by atoms with E-state index in [0.717, 1.165) is 12.1 Å². The van der Waals surface area contributed by atoms with Gasteiger partial charge in [0.15, 0.2) is 5.84 Å². The molecule has 0 amide bonds. The van der Waals surface area contributed by atoms with Gasteiger partial charge in [-0.2, -0.15) is 0 Å². The maximum atomic E-state index is 14.3. The normalized spacial score (nSPS) is 17.0. The fraction of sp³-hybridized carbons (Fsp3) is 0.167. The molecule has 1 unspecified atom stereocenters. The van der Waals surface area contributed by atoms with Crippen molar-refractivity contribution in [2.45, 2.75) is 13.0 Å². The lowest BCUT2D eigenvalue weighted by Crippen LogP contribution is -2.33. The minimum Gasteiger partial charge on any atom is -0.466 e. The molecule has 128 valence electrons. The number of allylic oxidation sites excluding steroid dienone is 1. The summed E-state index contributed by atoms with van der Waals surface area (Å²) in [5, 5.41) is 3.00. The highest BCUT2D eigenvalue weighted by Crippen LogP contribution is 2.33. The summed E-state index contributed by atoms with van der Waals surface area (Å²) in [6.45, 7) is 1.66. The highest BCUT2D eigenvalue weighted by molar-refractivity contribution is 6.02. The van der Waals surface area contributed by atoms with E-state index >= 15 is 0 Å². The summed E-state index contributed by atoms with van der Waals surface area (Å²) < 4.78 is 32.4. The number of esters is 1. The molecule has 1 aliphatic rings. The lowest BCUT2D eigenvalue weighted by atomic mass is 9.95. The summed E-state index contributed by atoms with van der Waals surface area (Å²) >= 11 is 0. The number of nitrogens with one attached hydrogen (secondary N) is 1. The van der Waals surface area contributed by atoms with E-state index in [0.29, 0.717) is 17.2 Å². The Balaban J connectivity index is 2.14. The first-order chi connectivity index (χ1) is 12.0. The number of aromatic nitrogens is 1. The largest absolute Gasteiger partial charge is 0.466 e. The number of nitrogens with zero attached hydrogens (tertiary/aromatic N) is 2. The third kappa shape index (κ3) is 3.26. The number of aliphatic imine (C=N–C) groups is 1. The maximum Gasteiger partial charge on any atom is 0.338 e. The summed E-state index contributed by atoms with van der Waals surface area (Å²) in [7, 11) is 1.23. The summed E-state index contributed by atoms with van der Waals surface area (Å²) in [6, 6.07) is 7.47. The Kier molecular flexibility index (Phi) is 4.56. The summed E-state index contributed by atoms with van der Waals surface area (Å²) in [5.74, 6) is -1.74. The second-order valence-corrected chi connectivity index (χ2v) is 5.42. The third-order valence-electron chi connectivity index (χ3n) is 3.81. The molecule has 1 aromatic heterocycles. The van der Waals surface area contributed by atoms with Crippen LogP contribution in [0.15, 0.2) is 58.9 Å². The molecule has 25 heavy (non-hydrogen) atoms. The molecule has 0 bridgehead atoms. The summed E-state index contributed by atoms with van der Waals surface area (Å²) in [6.07, 6.45) is 1.60. The minimum atomic E-state index is -0.966. The second kappa shape index (κ2) is 6.80. The van der Waals surface area contributed by atoms with Gasteiger partial charge in [0.05, 0.1) is 12.7 Å². The zero-order valence-electron chi connectivity index (χ0n) is 13.6. The molecule has 0 saturated carbocycles. The van der Waals surface area contributed by atoms with Crippen LogP contribution in [-0.2, 0) is 9.53 Å². The molecule has 0 saturated heterocycles. The van der Waals surface area contributed by atoms with Crippen molar-refractivity contribution >= 4 is 11.8 Å². The van der Waals surface area contributed by atoms with Crippen LogP contribution in [0.3, 0.4) is 0 Å². The van der Waals surface area contributed by atoms with E-state index in [1.807, 2.05) is 0 Å². The average molecular weight is 343 g/mol. The lowest BCUT2D eigenvalue weighted by Gasteiger charge is -2.25. The molecule has 1 N–H and O–H groups in total. The van der Waals surface area contributed by atoms with Gasteiger partial charge in [0.2, 0.25) is 0 Å². The molecule has 2 heterocycles. The number of methoxy groups -OCH3 is 1. The van der Waals surface area contributed by atoms with E-state index in [9.17, 15) is 13.6 Å². The molecule has 0 spiro atoms. The number of amidine groups is 1. The standard InChI is InChI=1S/C18H15F2N3O2/c1-10-15(18(24)25-2)16(12-7-6-11(19)9-13(12)20)23-17(22-10)14-5-3-4-8-21-14/h3-9,16H,1-2H3,(H,22,23). The first-order valence-electron chi connectivity index (χ1n) is 7.51. The Morgan fingerprint density at radius 1 is 1.24 bits per heavy atom. The van der Waals surface area contributed by atoms with Gasteiger partial charge in [0.25, 0.3) is 0 Å². The molecule has 1 aromatic carbocycles. The molecular formula is C18H15F2N3O2. The van der Waals surface area contributed by atoms with Crippen molar-refractivity contribution in [2.24, 2.45) is 4.99 Å². The van der Waals surface area contributed by atoms with Crippen LogP contribution >= 0.6 is 0 Å². The van der Waals surface area contributed by atoms with E-state index in [1.54, 1.807) is 31.3 Å². The van der Waals surface area contributed by atoms with Gasteiger partial charge in [-0.15, -0.1) is 0 Å². The van der Waals surface area contributed by atoms with E-state index < -0.39 is 23.6 Å². The van der Waals surface area contributed by atoms with E-state index in [4.69, 9.17) is 4.74 Å². The second-order valence-electron chi connectivity index (χ2n) is 5.42. The topological polar surface area (TPSA) is 63.6 Å². The molecule has 5 nitrogen and oxygen atoms in total. The Labute approximate surface area is 143 Å². The molecular weight excluding hydrogens is 328 g/mol. The molecule has 0 radical (unpaired) electrons. The summed E-state index contributed by atoms with van der Waals surface area (Å²) in [4.78, 5) is 20.8. The molecule has 0 aliphatic carbocycles. The van der Waals surface area contributed by atoms with Crippen LogP contribution in [0.25, 0.3) is 0 Å². The SMILES string of the molecule is COC(=O)C1=C(C)NC(c2ccccn2)=NC1c1ccc(F)cc1F. The first kappa shape index (κ1) is 16.8. The predicted octanol–water partition coefficient (Wildman–Crippen LogP) is 2.90. The van der Waals surface area contributed by atoms with Crippen molar-refractivity contribution in [1.82, 2.24) is 10.3 Å². The number of carbonyl (C=O) groups is 1. The zero-order valence-corrected chi connectivity index (χ0v) is 13.6. The Morgan fingerprint density at radius 2 is 2.04 bits per heavy atom. The van der Waals surface area contributed by atoms with Crippen LogP contribution in [0.5, 0.6) is 0 Å². The number of benzene rings is 1. The number of hydrogen-bond acceptors (Lipinski definition) is 5. The van der Waals surface area contributed by atoms with Crippen LogP contribution in [0.2, 0.25) is 0 Å². The maximum absolute atomic E-state index is 14.3. The van der Waals surface area contributed by atoms with Gasteiger partial charge in [-0.1, -0.05) is 12.1 Å². The van der Waals surface area contributed by atoms with Crippen LogP contribution in [0, 0.1) is 11.6 Å². The Morgan fingerprint density at radius 3 is 2.68 bits per heavy atom. The highest BCUT2D eigenvalue weighted by Gasteiger charge is 2.32. The predicted molar refractivity (Wildman–Crippen MR) is 87.7 cm³/mol. The summed E-state index contributed by atoms with van der Waals surface area (Å²) in [5.41, 5.74) is 1.25. The van der Waals surface area contributed by atoms with Crippen LogP contribution < -0.4 is 5.32 Å². The minimum absolute atomic E-state index is 0.0797. The molecule has 7 heteroatoms. The van der Waals surface area contributed by atoms with Crippen LogP contribution in [-0.4, -0.2) is 23.9 Å². The van der Waals surface area contributed by atoms with Crippen LogP contribution in [0.4, 0.5) is 8.78 Å². The number of ether oxygens (including phenoxy) is 1. The van der Waals surface area contributed by atoms with Crippen molar-refractivity contribution < 1.29 is 18.3 Å². The van der Waals surface area contributed by atoms with E-state index in [-0.39, 0.29) is 11.1 Å². The van der Waals surface area contributed by atoms with Gasteiger partial charge >= 0.3 is 5.97 Å². The van der Waals surface area contributed by atoms with E-state index in [1.165, 1.54) is 13.2 Å². The smallest absolute Gasteiger partial charge is 0.338 e. The highest BCUT2D eigenvalue weighted by atomic mass is 19.1. The zero-order chi connectivity index (χ0) is 18.0. The molecule has 3 rings (SSSR count). The lowest BCUT2D eigenvalue weighted by molar-refractivity contribution is -0.136. The monoisotopic (exact) mass is 343 g/mol. The number of carbonyl (C=O) groups excluding carboxylic acids is 1. The van der Waals surface area contributed by atoms with Gasteiger partial charge in [-0.05, 0) is 25.1 Å². The fourth-order valence-corrected chi connectivity index (χ4v) is 2.63. The average Bonchev–Trinajstić information content (AvgIpc) is 2.61. The van der Waals surface area contributed by atoms with Crippen molar-refractivity contribution in [2.75, 3.05) is 7.11 Å². The quantitative estimate of drug-likeness (QED) is 0.871. The van der Waals surface area contributed by atoms with Crippen molar-refractivity contribution in [3.63, 3.8) is 0 Å². The molecule has 1 atom stereocenters. The molecule has 0 fully saturated rings. The van der Waals surface area contributed by atoms with Gasteiger partial charge in [0, 0.05) is 23.5 Å². The van der Waals surface area contributed by atoms with Crippen molar-refractivity contribution in [1.29, 1.82) is 0 Å². The molecule has 1 aliphatic heterocycles. The van der Waals surface area contributed by atoms with Gasteiger partial charge in [-0.25, -0.2) is 13.6 Å².